The van der Waals surface area contributed by atoms with Crippen LogP contribution in [0.2, 0.25) is 0 Å². The molecule has 1 aromatic carbocycles. The van der Waals surface area contributed by atoms with Gasteiger partial charge in [-0.2, -0.15) is 0 Å². The van der Waals surface area contributed by atoms with Crippen molar-refractivity contribution in [2.45, 2.75) is 33.2 Å². The van der Waals surface area contributed by atoms with Crippen molar-refractivity contribution in [1.82, 2.24) is 10.2 Å². The van der Waals surface area contributed by atoms with Crippen molar-refractivity contribution in [3.05, 3.63) is 23.8 Å². The lowest BCUT2D eigenvalue weighted by molar-refractivity contribution is 0.310. The lowest BCUT2D eigenvalue weighted by atomic mass is 10.2. The molecule has 0 atom stereocenters. The number of rotatable bonds is 8. The maximum Gasteiger partial charge on any atom is 0.193 e. The van der Waals surface area contributed by atoms with Crippen molar-refractivity contribution in [2.75, 3.05) is 34.4 Å². The molecular weight excluding hydrogens is 405 g/mol. The van der Waals surface area contributed by atoms with E-state index in [0.717, 1.165) is 36.0 Å². The highest BCUT2D eigenvalue weighted by Gasteiger charge is 2.08. The Labute approximate surface area is 157 Å². The zero-order valence-corrected chi connectivity index (χ0v) is 17.2. The van der Waals surface area contributed by atoms with Crippen molar-refractivity contribution in [3.63, 3.8) is 0 Å². The van der Waals surface area contributed by atoms with E-state index in [-0.39, 0.29) is 24.0 Å². The molecule has 0 fully saturated rings. The number of ether oxygens (including phenoxy) is 2. The SMILES string of the molecule is CCCCN(C)C(=NC)NCc1ccc(OCC)c(OC)c1.I. The number of guanidine groups is 1. The monoisotopic (exact) mass is 435 g/mol. The van der Waals surface area contributed by atoms with Crippen LogP contribution < -0.4 is 14.8 Å². The number of halogens is 1. The van der Waals surface area contributed by atoms with Gasteiger partial charge in [0.2, 0.25) is 0 Å². The van der Waals surface area contributed by atoms with Crippen LogP contribution in [0.4, 0.5) is 0 Å². The summed E-state index contributed by atoms with van der Waals surface area (Å²) in [5, 5.41) is 3.38. The topological polar surface area (TPSA) is 46.1 Å². The van der Waals surface area contributed by atoms with E-state index in [0.29, 0.717) is 13.2 Å². The fraction of sp³-hybridized carbons (Fsp3) is 0.588. The Hall–Kier alpha value is -1.18. The number of hydrogen-bond donors (Lipinski definition) is 1. The minimum absolute atomic E-state index is 0. The summed E-state index contributed by atoms with van der Waals surface area (Å²) in [6.45, 7) is 6.48. The smallest absolute Gasteiger partial charge is 0.193 e. The third-order valence-corrected chi connectivity index (χ3v) is 3.40. The van der Waals surface area contributed by atoms with E-state index in [4.69, 9.17) is 9.47 Å². The van der Waals surface area contributed by atoms with Gasteiger partial charge in [-0.25, -0.2) is 0 Å². The van der Waals surface area contributed by atoms with Crippen molar-refractivity contribution in [2.24, 2.45) is 4.99 Å². The number of methoxy groups -OCH3 is 1. The second-order valence-corrected chi connectivity index (χ2v) is 5.09. The van der Waals surface area contributed by atoms with Gasteiger partial charge in [0.1, 0.15) is 0 Å². The molecule has 0 aliphatic heterocycles. The minimum Gasteiger partial charge on any atom is -0.493 e. The molecular formula is C17H30IN3O2. The maximum absolute atomic E-state index is 5.53. The predicted octanol–water partition coefficient (Wildman–Crippen LogP) is 3.52. The second-order valence-electron chi connectivity index (χ2n) is 5.09. The Morgan fingerprint density at radius 3 is 2.57 bits per heavy atom. The van der Waals surface area contributed by atoms with Crippen LogP contribution in [0.1, 0.15) is 32.3 Å². The second kappa shape index (κ2) is 12.3. The van der Waals surface area contributed by atoms with E-state index < -0.39 is 0 Å². The highest BCUT2D eigenvalue weighted by Crippen LogP contribution is 2.27. The van der Waals surface area contributed by atoms with Gasteiger partial charge in [0.15, 0.2) is 17.5 Å². The van der Waals surface area contributed by atoms with E-state index in [1.54, 1.807) is 7.11 Å². The van der Waals surface area contributed by atoms with Gasteiger partial charge in [0.25, 0.3) is 0 Å². The fourth-order valence-electron chi connectivity index (χ4n) is 2.16. The molecule has 0 aromatic heterocycles. The normalized spacial score (nSPS) is 10.7. The fourth-order valence-corrected chi connectivity index (χ4v) is 2.16. The molecule has 0 saturated carbocycles. The first-order valence-corrected chi connectivity index (χ1v) is 7.87. The molecule has 6 heteroatoms. The van der Waals surface area contributed by atoms with Gasteiger partial charge >= 0.3 is 0 Å². The molecule has 132 valence electrons. The Morgan fingerprint density at radius 2 is 2.00 bits per heavy atom. The van der Waals surface area contributed by atoms with Gasteiger partial charge in [-0.05, 0) is 31.0 Å². The largest absolute Gasteiger partial charge is 0.493 e. The highest BCUT2D eigenvalue weighted by atomic mass is 127. The van der Waals surface area contributed by atoms with Crippen molar-refractivity contribution in [1.29, 1.82) is 0 Å². The van der Waals surface area contributed by atoms with E-state index in [1.807, 2.05) is 32.2 Å². The van der Waals surface area contributed by atoms with Crippen molar-refractivity contribution < 1.29 is 9.47 Å². The molecule has 0 unspecified atom stereocenters. The summed E-state index contributed by atoms with van der Waals surface area (Å²) in [6.07, 6.45) is 2.34. The average Bonchev–Trinajstić information content (AvgIpc) is 2.54. The van der Waals surface area contributed by atoms with Gasteiger partial charge in [-0.3, -0.25) is 4.99 Å². The van der Waals surface area contributed by atoms with Crippen molar-refractivity contribution >= 4 is 29.9 Å². The highest BCUT2D eigenvalue weighted by molar-refractivity contribution is 14.0. The third kappa shape index (κ3) is 7.28. The molecule has 0 radical (unpaired) electrons. The Balaban J connectivity index is 0.00000484. The minimum atomic E-state index is 0. The predicted molar refractivity (Wildman–Crippen MR) is 107 cm³/mol. The summed E-state index contributed by atoms with van der Waals surface area (Å²) in [6, 6.07) is 5.99. The average molecular weight is 435 g/mol. The van der Waals surface area contributed by atoms with Crippen LogP contribution >= 0.6 is 24.0 Å². The van der Waals surface area contributed by atoms with E-state index >= 15 is 0 Å². The van der Waals surface area contributed by atoms with Crippen LogP contribution in [0.15, 0.2) is 23.2 Å². The van der Waals surface area contributed by atoms with Gasteiger partial charge in [-0.1, -0.05) is 19.4 Å². The van der Waals surface area contributed by atoms with Crippen LogP contribution in [0.5, 0.6) is 11.5 Å². The first-order valence-electron chi connectivity index (χ1n) is 7.87. The molecule has 0 bridgehead atoms. The maximum atomic E-state index is 5.53. The van der Waals surface area contributed by atoms with E-state index in [2.05, 4.69) is 29.2 Å². The molecule has 23 heavy (non-hydrogen) atoms. The summed E-state index contributed by atoms with van der Waals surface area (Å²) in [4.78, 5) is 6.47. The van der Waals surface area contributed by atoms with Gasteiger partial charge in [-0.15, -0.1) is 24.0 Å². The van der Waals surface area contributed by atoms with E-state index in [9.17, 15) is 0 Å². The van der Waals surface area contributed by atoms with Gasteiger partial charge < -0.3 is 19.7 Å². The zero-order chi connectivity index (χ0) is 16.4. The molecule has 0 saturated heterocycles. The quantitative estimate of drug-likeness (QED) is 0.386. The molecule has 0 spiro atoms. The number of aliphatic imine (C=N–C) groups is 1. The summed E-state index contributed by atoms with van der Waals surface area (Å²) < 4.78 is 10.9. The third-order valence-electron chi connectivity index (χ3n) is 3.40. The molecule has 0 aliphatic carbocycles. The first kappa shape index (κ1) is 21.8. The molecule has 1 rings (SSSR count). The Kier molecular flexibility index (Phi) is 11.6. The summed E-state index contributed by atoms with van der Waals surface area (Å²) in [5.41, 5.74) is 1.13. The van der Waals surface area contributed by atoms with Gasteiger partial charge in [0.05, 0.1) is 13.7 Å². The standard InChI is InChI=1S/C17H29N3O2.HI/c1-6-8-11-20(4)17(18-3)19-13-14-9-10-15(22-7-2)16(12-14)21-5;/h9-10,12H,6-8,11,13H2,1-5H3,(H,18,19);1H. The molecule has 1 N–H and O–H groups in total. The first-order chi connectivity index (χ1) is 10.7. The van der Waals surface area contributed by atoms with E-state index in [1.165, 1.54) is 6.42 Å². The lowest BCUT2D eigenvalue weighted by Gasteiger charge is -2.22. The van der Waals surface area contributed by atoms with Crippen LogP contribution in [-0.4, -0.2) is 45.2 Å². The molecule has 0 aliphatic rings. The Morgan fingerprint density at radius 1 is 1.26 bits per heavy atom. The number of unbranched alkanes of at least 4 members (excludes halogenated alkanes) is 1. The van der Waals surface area contributed by atoms with Gasteiger partial charge in [0, 0.05) is 27.2 Å². The van der Waals surface area contributed by atoms with Crippen LogP contribution in [-0.2, 0) is 6.54 Å². The molecule has 1 aromatic rings. The number of hydrogen-bond acceptors (Lipinski definition) is 3. The molecule has 5 nitrogen and oxygen atoms in total. The van der Waals surface area contributed by atoms with Crippen LogP contribution in [0, 0.1) is 0 Å². The summed E-state index contributed by atoms with van der Waals surface area (Å²) in [7, 11) is 5.53. The lowest BCUT2D eigenvalue weighted by Crippen LogP contribution is -2.38. The number of nitrogens with zero attached hydrogens (tertiary/aromatic N) is 2. The number of nitrogens with one attached hydrogen (secondary N) is 1. The summed E-state index contributed by atoms with van der Waals surface area (Å²) >= 11 is 0. The Bertz CT molecular complexity index is 481. The summed E-state index contributed by atoms with van der Waals surface area (Å²) in [5.74, 6) is 2.44. The molecule has 0 amide bonds. The molecule has 0 heterocycles. The van der Waals surface area contributed by atoms with Crippen molar-refractivity contribution in [3.8, 4) is 11.5 Å². The zero-order valence-electron chi connectivity index (χ0n) is 14.9. The van der Waals surface area contributed by atoms with Crippen LogP contribution in [0.3, 0.4) is 0 Å². The van der Waals surface area contributed by atoms with Crippen LogP contribution in [0.25, 0.3) is 0 Å². The number of benzene rings is 1.